The van der Waals surface area contributed by atoms with Crippen LogP contribution < -0.4 is 9.64 Å². The number of para-hydroxylation sites is 2. The summed E-state index contributed by atoms with van der Waals surface area (Å²) < 4.78 is 5.59. The quantitative estimate of drug-likeness (QED) is 0.466. The summed E-state index contributed by atoms with van der Waals surface area (Å²) in [5.41, 5.74) is 1.84. The molecule has 2 amide bonds. The van der Waals surface area contributed by atoms with Gasteiger partial charge in [0.1, 0.15) is 0 Å². The molecule has 2 aromatic carbocycles. The highest BCUT2D eigenvalue weighted by Crippen LogP contribution is 2.57. The lowest BCUT2D eigenvalue weighted by atomic mass is 9.81. The van der Waals surface area contributed by atoms with Crippen LogP contribution >= 0.6 is 0 Å². The Kier molecular flexibility index (Phi) is 3.86. The van der Waals surface area contributed by atoms with Gasteiger partial charge >= 0.3 is 5.97 Å². The van der Waals surface area contributed by atoms with Gasteiger partial charge in [-0.15, -0.1) is 0 Å². The van der Waals surface area contributed by atoms with Crippen LogP contribution in [0.15, 0.2) is 48.5 Å². The van der Waals surface area contributed by atoms with Crippen molar-refractivity contribution in [3.63, 3.8) is 0 Å². The van der Waals surface area contributed by atoms with Crippen molar-refractivity contribution in [1.82, 2.24) is 0 Å². The van der Waals surface area contributed by atoms with Gasteiger partial charge < -0.3 is 4.74 Å². The first kappa shape index (κ1) is 17.2. The molecule has 2 bridgehead atoms. The molecule has 2 aromatic rings. The van der Waals surface area contributed by atoms with E-state index in [1.807, 2.05) is 19.1 Å². The molecule has 2 aliphatic carbocycles. The predicted octanol–water partition coefficient (Wildman–Crippen LogP) is 3.75. The molecular formula is C23H21NO4. The van der Waals surface area contributed by atoms with Gasteiger partial charge in [0.15, 0.2) is 5.75 Å². The summed E-state index contributed by atoms with van der Waals surface area (Å²) in [4.78, 5) is 40.0. The Bertz CT molecular complexity index is 952. The Morgan fingerprint density at radius 1 is 0.929 bits per heavy atom. The van der Waals surface area contributed by atoms with Crippen molar-refractivity contribution in [2.24, 2.45) is 23.7 Å². The zero-order chi connectivity index (χ0) is 19.4. The van der Waals surface area contributed by atoms with Crippen LogP contribution in [-0.4, -0.2) is 17.8 Å². The third-order valence-electron chi connectivity index (χ3n) is 6.52. The maximum atomic E-state index is 13.1. The maximum absolute atomic E-state index is 13.1. The number of ether oxygens (including phenoxy) is 1. The number of hydrogen-bond donors (Lipinski definition) is 0. The van der Waals surface area contributed by atoms with Crippen LogP contribution in [0.2, 0.25) is 0 Å². The summed E-state index contributed by atoms with van der Waals surface area (Å²) in [6.07, 6.45) is 3.05. The molecule has 2 saturated carbocycles. The molecule has 1 saturated heterocycles. The number of aryl methyl sites for hydroxylation is 1. The molecule has 0 radical (unpaired) electrons. The van der Waals surface area contributed by atoms with E-state index >= 15 is 0 Å². The minimum atomic E-state index is -0.508. The minimum Gasteiger partial charge on any atom is -0.421 e. The fourth-order valence-electron chi connectivity index (χ4n) is 5.22. The van der Waals surface area contributed by atoms with Gasteiger partial charge in [-0.2, -0.15) is 0 Å². The van der Waals surface area contributed by atoms with E-state index in [-0.39, 0.29) is 29.4 Å². The Balaban J connectivity index is 1.46. The molecule has 4 atom stereocenters. The van der Waals surface area contributed by atoms with Crippen molar-refractivity contribution >= 4 is 23.5 Å². The molecule has 0 N–H and O–H groups in total. The van der Waals surface area contributed by atoms with E-state index in [0.717, 1.165) is 24.8 Å². The molecule has 1 aliphatic heterocycles. The number of imide groups is 1. The minimum absolute atomic E-state index is 0.138. The third-order valence-corrected chi connectivity index (χ3v) is 6.52. The average Bonchev–Trinajstić information content (AvgIpc) is 3.37. The van der Waals surface area contributed by atoms with Crippen LogP contribution in [0.3, 0.4) is 0 Å². The molecule has 5 rings (SSSR count). The van der Waals surface area contributed by atoms with E-state index in [9.17, 15) is 14.4 Å². The van der Waals surface area contributed by atoms with Crippen LogP contribution in [0.5, 0.6) is 5.75 Å². The Morgan fingerprint density at radius 2 is 1.54 bits per heavy atom. The number of anilines is 1. The monoisotopic (exact) mass is 375 g/mol. The van der Waals surface area contributed by atoms with E-state index in [4.69, 9.17) is 4.74 Å². The highest BCUT2D eigenvalue weighted by Gasteiger charge is 2.61. The summed E-state index contributed by atoms with van der Waals surface area (Å²) in [5, 5.41) is 0. The van der Waals surface area contributed by atoms with E-state index < -0.39 is 5.97 Å². The molecule has 28 heavy (non-hydrogen) atoms. The van der Waals surface area contributed by atoms with E-state index in [1.165, 1.54) is 4.90 Å². The predicted molar refractivity (Wildman–Crippen MR) is 103 cm³/mol. The standard InChI is InChI=1S/C23H21NO4/c1-13-6-8-14(9-7-13)23(27)28-18-5-3-2-4-17(18)24-21(25)19-15-10-11-16(12-15)20(19)22(24)26/h2-9,15-16,19-20H,10-12H2,1H3/t15-,16+,19-,20-/m0/s1. The van der Waals surface area contributed by atoms with Gasteiger partial charge in [-0.25, -0.2) is 9.69 Å². The molecule has 0 aromatic heterocycles. The smallest absolute Gasteiger partial charge is 0.343 e. The normalized spacial score (nSPS) is 28.0. The van der Waals surface area contributed by atoms with E-state index in [0.29, 0.717) is 23.1 Å². The average molecular weight is 375 g/mol. The molecule has 5 heteroatoms. The Labute approximate surface area is 163 Å². The van der Waals surface area contributed by atoms with Crippen LogP contribution in [0.4, 0.5) is 5.69 Å². The lowest BCUT2D eigenvalue weighted by Crippen LogP contribution is -2.33. The summed E-state index contributed by atoms with van der Waals surface area (Å²) in [6.45, 7) is 1.94. The second-order valence-corrected chi connectivity index (χ2v) is 8.12. The van der Waals surface area contributed by atoms with Crippen LogP contribution in [-0.2, 0) is 9.59 Å². The van der Waals surface area contributed by atoms with Crippen LogP contribution in [0.1, 0.15) is 35.2 Å². The molecule has 0 spiro atoms. The molecule has 3 aliphatic rings. The number of carbonyl (C=O) groups is 3. The fourth-order valence-corrected chi connectivity index (χ4v) is 5.22. The SMILES string of the molecule is Cc1ccc(C(=O)Oc2ccccc2N2C(=O)[C@H]3[C@@H]4CC[C@@H](C4)[C@@H]3C2=O)cc1. The second-order valence-electron chi connectivity index (χ2n) is 8.12. The van der Waals surface area contributed by atoms with Crippen molar-refractivity contribution in [2.75, 3.05) is 4.90 Å². The number of rotatable bonds is 3. The highest BCUT2D eigenvalue weighted by molar-refractivity contribution is 6.23. The number of fused-ring (bicyclic) bond motifs is 5. The first-order valence-electron chi connectivity index (χ1n) is 9.80. The van der Waals surface area contributed by atoms with E-state index in [2.05, 4.69) is 0 Å². The number of carbonyl (C=O) groups excluding carboxylic acids is 3. The van der Waals surface area contributed by atoms with Gasteiger partial charge in [0, 0.05) is 0 Å². The molecule has 1 heterocycles. The Hall–Kier alpha value is -2.95. The highest BCUT2D eigenvalue weighted by atomic mass is 16.5. The first-order chi connectivity index (χ1) is 13.5. The summed E-state index contributed by atoms with van der Waals surface area (Å²) in [6, 6.07) is 13.9. The number of nitrogens with zero attached hydrogens (tertiary/aromatic N) is 1. The molecule has 5 nitrogen and oxygen atoms in total. The molecule has 142 valence electrons. The van der Waals surface area contributed by atoms with Crippen molar-refractivity contribution in [3.05, 3.63) is 59.7 Å². The van der Waals surface area contributed by atoms with Gasteiger partial charge in [0.25, 0.3) is 0 Å². The second kappa shape index (κ2) is 6.30. The van der Waals surface area contributed by atoms with Crippen LogP contribution in [0.25, 0.3) is 0 Å². The maximum Gasteiger partial charge on any atom is 0.343 e. The lowest BCUT2D eigenvalue weighted by Gasteiger charge is -2.20. The first-order valence-corrected chi connectivity index (χ1v) is 9.80. The van der Waals surface area contributed by atoms with Gasteiger partial charge in [-0.1, -0.05) is 29.8 Å². The number of esters is 1. The van der Waals surface area contributed by atoms with Crippen LogP contribution in [0, 0.1) is 30.6 Å². The largest absolute Gasteiger partial charge is 0.421 e. The van der Waals surface area contributed by atoms with Crippen molar-refractivity contribution < 1.29 is 19.1 Å². The number of amides is 2. The summed E-state index contributed by atoms with van der Waals surface area (Å²) in [7, 11) is 0. The zero-order valence-electron chi connectivity index (χ0n) is 15.6. The van der Waals surface area contributed by atoms with Crippen molar-refractivity contribution in [1.29, 1.82) is 0 Å². The molecule has 3 fully saturated rings. The van der Waals surface area contributed by atoms with Gasteiger partial charge in [0.05, 0.1) is 23.1 Å². The summed E-state index contributed by atoms with van der Waals surface area (Å²) in [5.74, 6) is -0.312. The van der Waals surface area contributed by atoms with Gasteiger partial charge in [-0.05, 0) is 62.3 Å². The fraction of sp³-hybridized carbons (Fsp3) is 0.348. The number of hydrogen-bond acceptors (Lipinski definition) is 4. The van der Waals surface area contributed by atoms with Crippen molar-refractivity contribution in [2.45, 2.75) is 26.2 Å². The molecular weight excluding hydrogens is 354 g/mol. The van der Waals surface area contributed by atoms with Gasteiger partial charge in [-0.3, -0.25) is 9.59 Å². The Morgan fingerprint density at radius 3 is 2.18 bits per heavy atom. The van der Waals surface area contributed by atoms with E-state index in [1.54, 1.807) is 36.4 Å². The van der Waals surface area contributed by atoms with Gasteiger partial charge in [0.2, 0.25) is 11.8 Å². The zero-order valence-corrected chi connectivity index (χ0v) is 15.6. The lowest BCUT2D eigenvalue weighted by molar-refractivity contribution is -0.123. The summed E-state index contributed by atoms with van der Waals surface area (Å²) >= 11 is 0. The topological polar surface area (TPSA) is 63.7 Å². The van der Waals surface area contributed by atoms with Crippen molar-refractivity contribution in [3.8, 4) is 5.75 Å². The molecule has 0 unspecified atom stereocenters. The third kappa shape index (κ3) is 2.49. The number of benzene rings is 2.